The SMILES string of the molecule is O=C(N[C@@H](Cc1cc(F)cc(F)c1)c1nc2cc(-c3ccc(F)cc3F)ccc2c(=O)n1-c1ccc(S(=O)(=O)N2CCOCC2)cc1)On1ccc(C2CC2)n1. The van der Waals surface area contributed by atoms with E-state index in [9.17, 15) is 35.6 Å². The van der Waals surface area contributed by atoms with E-state index in [2.05, 4.69) is 10.4 Å². The van der Waals surface area contributed by atoms with Crippen molar-refractivity contribution in [3.63, 3.8) is 0 Å². The fourth-order valence-electron chi connectivity index (χ4n) is 6.67. The van der Waals surface area contributed by atoms with Crippen LogP contribution in [0.25, 0.3) is 27.7 Å². The van der Waals surface area contributed by atoms with Gasteiger partial charge in [-0.3, -0.25) is 14.2 Å². The molecule has 1 saturated heterocycles. The Balaban J connectivity index is 1.26. The van der Waals surface area contributed by atoms with Crippen molar-refractivity contribution in [3.8, 4) is 16.8 Å². The third-order valence-corrected chi connectivity index (χ3v) is 11.5. The van der Waals surface area contributed by atoms with Gasteiger partial charge in [-0.05, 0) is 90.7 Å². The number of sulfonamides is 1. The summed E-state index contributed by atoms with van der Waals surface area (Å²) >= 11 is 0. The van der Waals surface area contributed by atoms with E-state index in [1.54, 1.807) is 6.07 Å². The van der Waals surface area contributed by atoms with E-state index in [0.717, 1.165) is 52.2 Å². The zero-order valence-electron chi connectivity index (χ0n) is 29.4. The number of morpholine rings is 1. The van der Waals surface area contributed by atoms with Crippen molar-refractivity contribution < 1.29 is 40.3 Å². The van der Waals surface area contributed by atoms with Crippen molar-refractivity contribution in [3.05, 3.63) is 142 Å². The zero-order chi connectivity index (χ0) is 39.1. The van der Waals surface area contributed by atoms with Gasteiger partial charge >= 0.3 is 6.09 Å². The van der Waals surface area contributed by atoms with Crippen LogP contribution in [0.1, 0.15) is 41.9 Å². The first kappa shape index (κ1) is 37.0. The Labute approximate surface area is 316 Å². The summed E-state index contributed by atoms with van der Waals surface area (Å²) in [5.41, 5.74) is 0.605. The predicted molar refractivity (Wildman–Crippen MR) is 194 cm³/mol. The fraction of sp³-hybridized carbons (Fsp3) is 0.231. The molecule has 8 rings (SSSR count). The molecule has 1 saturated carbocycles. The Morgan fingerprint density at radius 1 is 0.893 bits per heavy atom. The van der Waals surface area contributed by atoms with Crippen molar-refractivity contribution in [2.24, 2.45) is 0 Å². The van der Waals surface area contributed by atoms with Gasteiger partial charge < -0.3 is 10.1 Å². The van der Waals surface area contributed by atoms with E-state index in [1.165, 1.54) is 59.0 Å². The van der Waals surface area contributed by atoms with Crippen molar-refractivity contribution >= 4 is 27.0 Å². The summed E-state index contributed by atoms with van der Waals surface area (Å²) in [6.45, 7) is 0.804. The summed E-state index contributed by atoms with van der Waals surface area (Å²) < 4.78 is 92.3. The summed E-state index contributed by atoms with van der Waals surface area (Å²) in [6, 6.07) is 16.0. The van der Waals surface area contributed by atoms with Gasteiger partial charge in [0.15, 0.2) is 0 Å². The molecule has 2 aliphatic rings. The lowest BCUT2D eigenvalue weighted by molar-refractivity contribution is 0.0730. The van der Waals surface area contributed by atoms with Crippen molar-refractivity contribution in [2.45, 2.75) is 36.1 Å². The van der Waals surface area contributed by atoms with Gasteiger partial charge in [-0.1, -0.05) is 10.9 Å². The maximum atomic E-state index is 14.9. The molecule has 1 amide bonds. The van der Waals surface area contributed by atoms with Crippen molar-refractivity contribution in [1.29, 1.82) is 0 Å². The molecule has 6 aromatic rings. The number of ether oxygens (including phenoxy) is 1. The predicted octanol–water partition coefficient (Wildman–Crippen LogP) is 5.83. The minimum absolute atomic E-state index is 0.0242. The molecule has 0 bridgehead atoms. The topological polar surface area (TPSA) is 138 Å². The monoisotopic (exact) mass is 788 g/mol. The fourth-order valence-corrected chi connectivity index (χ4v) is 8.08. The molecule has 56 heavy (non-hydrogen) atoms. The number of hydrogen-bond donors (Lipinski definition) is 1. The Morgan fingerprint density at radius 2 is 1.62 bits per heavy atom. The Morgan fingerprint density at radius 3 is 2.32 bits per heavy atom. The van der Waals surface area contributed by atoms with Crippen LogP contribution in [0.2, 0.25) is 0 Å². The van der Waals surface area contributed by atoms with Gasteiger partial charge in [0.25, 0.3) is 5.56 Å². The smallest absolute Gasteiger partial charge is 0.379 e. The van der Waals surface area contributed by atoms with E-state index in [-0.39, 0.29) is 82.6 Å². The minimum Gasteiger partial charge on any atom is -0.379 e. The maximum Gasteiger partial charge on any atom is 0.433 e. The quantitative estimate of drug-likeness (QED) is 0.172. The third-order valence-electron chi connectivity index (χ3n) is 9.57. The molecule has 2 aromatic heterocycles. The normalized spacial score (nSPS) is 15.5. The largest absolute Gasteiger partial charge is 0.433 e. The number of rotatable bonds is 10. The Kier molecular flexibility index (Phi) is 9.90. The molecule has 0 unspecified atom stereocenters. The first-order valence-electron chi connectivity index (χ1n) is 17.6. The van der Waals surface area contributed by atoms with Crippen LogP contribution in [-0.2, 0) is 21.2 Å². The highest BCUT2D eigenvalue weighted by Gasteiger charge is 2.29. The Bertz CT molecular complexity index is 2620. The van der Waals surface area contributed by atoms with Crippen LogP contribution >= 0.6 is 0 Å². The summed E-state index contributed by atoms with van der Waals surface area (Å²) in [6.07, 6.45) is 2.00. The van der Waals surface area contributed by atoms with Crippen LogP contribution in [0.4, 0.5) is 22.4 Å². The van der Waals surface area contributed by atoms with E-state index in [1.807, 2.05) is 0 Å². The first-order chi connectivity index (χ1) is 26.9. The Hall–Kier alpha value is -5.91. The summed E-state index contributed by atoms with van der Waals surface area (Å²) in [4.78, 5) is 39.2. The number of benzene rings is 4. The van der Waals surface area contributed by atoms with Crippen molar-refractivity contribution in [1.82, 2.24) is 29.1 Å². The van der Waals surface area contributed by atoms with Crippen LogP contribution in [0.3, 0.4) is 0 Å². The second-order valence-electron chi connectivity index (χ2n) is 13.5. The molecule has 1 N–H and O–H groups in total. The lowest BCUT2D eigenvalue weighted by atomic mass is 10.0. The number of halogens is 4. The molecular weight excluding hydrogens is 757 g/mol. The highest BCUT2D eigenvalue weighted by atomic mass is 32.2. The van der Waals surface area contributed by atoms with Gasteiger partial charge in [-0.2, -0.15) is 4.31 Å². The average molecular weight is 789 g/mol. The standard InChI is InChI=1S/C39H32F4N6O6S/c40-26-4-10-31(33(43)22-26)25-3-9-32-35(20-25)44-37(49(38(32)50)29-5-7-30(8-6-29)56(52,53)47-13-15-54-16-14-47)36(19-23-17-27(41)21-28(42)18-23)45-39(51)55-48-12-11-34(46-48)24-1-2-24/h3-12,17-18,20-22,24,36H,1-2,13-16,19H2,(H,45,51)/t36-/m0/s1. The highest BCUT2D eigenvalue weighted by Crippen LogP contribution is 2.38. The zero-order valence-corrected chi connectivity index (χ0v) is 30.2. The molecular formula is C39H32F4N6O6S. The van der Waals surface area contributed by atoms with Gasteiger partial charge in [0.2, 0.25) is 10.0 Å². The average Bonchev–Trinajstić information content (AvgIpc) is 3.92. The van der Waals surface area contributed by atoms with Gasteiger partial charge in [0.05, 0.1) is 52.6 Å². The number of carbonyl (C=O) groups excluding carboxylic acids is 1. The van der Waals surface area contributed by atoms with E-state index >= 15 is 0 Å². The highest BCUT2D eigenvalue weighted by molar-refractivity contribution is 7.89. The van der Waals surface area contributed by atoms with Crippen LogP contribution in [0, 0.1) is 23.3 Å². The van der Waals surface area contributed by atoms with E-state index in [0.29, 0.717) is 6.07 Å². The number of amides is 1. The third kappa shape index (κ3) is 7.65. The number of aromatic nitrogens is 4. The first-order valence-corrected chi connectivity index (χ1v) is 19.1. The summed E-state index contributed by atoms with van der Waals surface area (Å²) in [5.74, 6) is -3.31. The number of nitrogens with one attached hydrogen (secondary N) is 1. The molecule has 0 spiro atoms. The second-order valence-corrected chi connectivity index (χ2v) is 15.4. The minimum atomic E-state index is -3.92. The molecule has 3 heterocycles. The molecule has 17 heteroatoms. The molecule has 1 aliphatic heterocycles. The van der Waals surface area contributed by atoms with Gasteiger partial charge in [0.1, 0.15) is 29.1 Å². The second kappa shape index (κ2) is 15.0. The van der Waals surface area contributed by atoms with Gasteiger partial charge in [-0.15, -0.1) is 5.10 Å². The van der Waals surface area contributed by atoms with Crippen LogP contribution < -0.4 is 15.7 Å². The van der Waals surface area contributed by atoms with Crippen molar-refractivity contribution in [2.75, 3.05) is 26.3 Å². The van der Waals surface area contributed by atoms with E-state index in [4.69, 9.17) is 14.6 Å². The molecule has 1 atom stereocenters. The molecule has 288 valence electrons. The van der Waals surface area contributed by atoms with Gasteiger partial charge in [-0.25, -0.2) is 35.8 Å². The molecule has 1 aliphatic carbocycles. The van der Waals surface area contributed by atoms with Gasteiger partial charge in [0, 0.05) is 43.1 Å². The molecule has 4 aromatic carbocycles. The maximum absolute atomic E-state index is 14.9. The summed E-state index contributed by atoms with van der Waals surface area (Å²) in [7, 11) is -3.92. The van der Waals surface area contributed by atoms with E-state index < -0.39 is 51.0 Å². The number of nitrogens with zero attached hydrogens (tertiary/aromatic N) is 5. The van der Waals surface area contributed by atoms with Crippen LogP contribution in [-0.4, -0.2) is 64.6 Å². The lowest BCUT2D eigenvalue weighted by Crippen LogP contribution is -2.40. The van der Waals surface area contributed by atoms with Crippen LogP contribution in [0.15, 0.2) is 101 Å². The van der Waals surface area contributed by atoms with Crippen LogP contribution in [0.5, 0.6) is 0 Å². The summed E-state index contributed by atoms with van der Waals surface area (Å²) in [5, 5.41) is 6.99. The number of carbonyl (C=O) groups is 1. The number of fused-ring (bicyclic) bond motifs is 1. The lowest BCUT2D eigenvalue weighted by Gasteiger charge is -2.26. The molecule has 0 radical (unpaired) electrons. The molecule has 12 nitrogen and oxygen atoms in total. The molecule has 2 fully saturated rings. The number of hydrogen-bond acceptors (Lipinski definition) is 8.